The average Bonchev–Trinajstić information content (AvgIpc) is 3.47. The second-order valence-corrected chi connectivity index (χ2v) is 9.87. The summed E-state index contributed by atoms with van der Waals surface area (Å²) in [6.45, 7) is 3.02. The maximum atomic E-state index is 13.9. The maximum Gasteiger partial charge on any atom is 0.410 e. The molecule has 0 bridgehead atoms. The van der Waals surface area contributed by atoms with Gasteiger partial charge in [0.15, 0.2) is 11.7 Å². The maximum absolute atomic E-state index is 13.9. The van der Waals surface area contributed by atoms with Crippen molar-refractivity contribution in [1.82, 2.24) is 19.6 Å². The van der Waals surface area contributed by atoms with E-state index < -0.39 is 24.2 Å². The van der Waals surface area contributed by atoms with E-state index in [9.17, 15) is 18.0 Å². The number of alkyl halides is 3. The molecule has 1 saturated heterocycles. The number of hydrogen-bond donors (Lipinski definition) is 1. The zero-order valence-corrected chi connectivity index (χ0v) is 19.7. The standard InChI is InChI=1S/C23H23ClF3N5OS/c24-19-20(22(33)31-10-8-30(9-11-31)14-15-5-2-1-3-6-15)29-32-18(23(25,26)27)13-16(28-21(19)32)17-7-4-12-34-17/h1-7,12,16,18,28H,8-11,13-14H2/t16-,18-/m0/s1. The molecule has 2 atom stereocenters. The minimum absolute atomic E-state index is 0.0414. The van der Waals surface area contributed by atoms with Crippen molar-refractivity contribution in [2.24, 2.45) is 0 Å². The highest BCUT2D eigenvalue weighted by atomic mass is 35.5. The number of rotatable bonds is 4. The quantitative estimate of drug-likeness (QED) is 0.524. The van der Waals surface area contributed by atoms with E-state index in [0.29, 0.717) is 26.2 Å². The van der Waals surface area contributed by atoms with E-state index in [1.54, 1.807) is 17.0 Å². The molecule has 1 amide bonds. The molecule has 34 heavy (non-hydrogen) atoms. The molecule has 11 heteroatoms. The molecule has 0 aliphatic carbocycles. The molecular weight excluding hydrogens is 487 g/mol. The van der Waals surface area contributed by atoms with Crippen LogP contribution in [-0.4, -0.2) is 57.8 Å². The molecule has 1 aromatic carbocycles. The second kappa shape index (κ2) is 9.24. The van der Waals surface area contributed by atoms with Crippen LogP contribution in [0.5, 0.6) is 0 Å². The van der Waals surface area contributed by atoms with Crippen LogP contribution in [0.4, 0.5) is 19.0 Å². The lowest BCUT2D eigenvalue weighted by molar-refractivity contribution is -0.173. The van der Waals surface area contributed by atoms with Crippen LogP contribution in [0.1, 0.15) is 39.4 Å². The van der Waals surface area contributed by atoms with Crippen molar-refractivity contribution in [2.45, 2.75) is 31.2 Å². The molecule has 2 aliphatic rings. The summed E-state index contributed by atoms with van der Waals surface area (Å²) in [5.41, 5.74) is 1.05. The van der Waals surface area contributed by atoms with Gasteiger partial charge in [-0.05, 0) is 17.0 Å². The fourth-order valence-corrected chi connectivity index (χ4v) is 5.55. The van der Waals surface area contributed by atoms with Crippen LogP contribution in [0.25, 0.3) is 0 Å². The van der Waals surface area contributed by atoms with Crippen molar-refractivity contribution in [3.05, 3.63) is 69.0 Å². The molecular formula is C23H23ClF3N5OS. The minimum Gasteiger partial charge on any atom is -0.361 e. The molecule has 0 saturated carbocycles. The fourth-order valence-electron chi connectivity index (χ4n) is 4.50. The van der Waals surface area contributed by atoms with Gasteiger partial charge in [0.05, 0.1) is 6.04 Å². The summed E-state index contributed by atoms with van der Waals surface area (Å²) in [4.78, 5) is 17.8. The van der Waals surface area contributed by atoms with Gasteiger partial charge >= 0.3 is 6.18 Å². The Balaban J connectivity index is 1.34. The first-order valence-corrected chi connectivity index (χ1v) is 12.3. The second-order valence-electron chi connectivity index (χ2n) is 8.52. The monoisotopic (exact) mass is 509 g/mol. The largest absolute Gasteiger partial charge is 0.410 e. The predicted molar refractivity (Wildman–Crippen MR) is 125 cm³/mol. The van der Waals surface area contributed by atoms with Crippen LogP contribution in [0, 0.1) is 0 Å². The van der Waals surface area contributed by atoms with Gasteiger partial charge in [-0.2, -0.15) is 18.3 Å². The Morgan fingerprint density at radius 3 is 2.50 bits per heavy atom. The first-order valence-electron chi connectivity index (χ1n) is 11.0. The Morgan fingerprint density at radius 1 is 1.12 bits per heavy atom. The third-order valence-electron chi connectivity index (χ3n) is 6.29. The van der Waals surface area contributed by atoms with Crippen LogP contribution in [0.2, 0.25) is 5.02 Å². The van der Waals surface area contributed by atoms with Crippen LogP contribution in [0.3, 0.4) is 0 Å². The molecule has 1 fully saturated rings. The molecule has 1 N–H and O–H groups in total. The van der Waals surface area contributed by atoms with E-state index in [4.69, 9.17) is 11.6 Å². The number of carbonyl (C=O) groups is 1. The van der Waals surface area contributed by atoms with Crippen LogP contribution in [0.15, 0.2) is 47.8 Å². The number of carbonyl (C=O) groups excluding carboxylic acids is 1. The van der Waals surface area contributed by atoms with Gasteiger partial charge in [-0.1, -0.05) is 48.0 Å². The van der Waals surface area contributed by atoms with Crippen molar-refractivity contribution in [3.63, 3.8) is 0 Å². The van der Waals surface area contributed by atoms with E-state index in [0.717, 1.165) is 16.1 Å². The highest BCUT2D eigenvalue weighted by molar-refractivity contribution is 7.10. The number of halogens is 4. The van der Waals surface area contributed by atoms with Crippen LogP contribution >= 0.6 is 22.9 Å². The van der Waals surface area contributed by atoms with Crippen molar-refractivity contribution in [3.8, 4) is 0 Å². The molecule has 0 radical (unpaired) electrons. The smallest absolute Gasteiger partial charge is 0.361 e. The lowest BCUT2D eigenvalue weighted by Gasteiger charge is -2.34. The summed E-state index contributed by atoms with van der Waals surface area (Å²) >= 11 is 7.84. The topological polar surface area (TPSA) is 53.4 Å². The zero-order valence-electron chi connectivity index (χ0n) is 18.1. The number of nitrogens with one attached hydrogen (secondary N) is 1. The third-order valence-corrected chi connectivity index (χ3v) is 7.64. The lowest BCUT2D eigenvalue weighted by atomic mass is 10.0. The van der Waals surface area contributed by atoms with Crippen molar-refractivity contribution >= 4 is 34.7 Å². The van der Waals surface area contributed by atoms with E-state index in [1.165, 1.54) is 16.9 Å². The zero-order chi connectivity index (χ0) is 23.9. The average molecular weight is 510 g/mol. The van der Waals surface area contributed by atoms with Gasteiger partial charge in [-0.15, -0.1) is 11.3 Å². The molecule has 2 aromatic heterocycles. The van der Waals surface area contributed by atoms with Gasteiger partial charge in [0.25, 0.3) is 5.91 Å². The fraction of sp³-hybridized carbons (Fsp3) is 0.391. The summed E-state index contributed by atoms with van der Waals surface area (Å²) in [7, 11) is 0. The van der Waals surface area contributed by atoms with Crippen LogP contribution in [-0.2, 0) is 6.54 Å². The highest BCUT2D eigenvalue weighted by Gasteiger charge is 2.48. The number of nitrogens with zero attached hydrogens (tertiary/aromatic N) is 4. The molecule has 3 aromatic rings. The summed E-state index contributed by atoms with van der Waals surface area (Å²) < 4.78 is 42.6. The van der Waals surface area contributed by atoms with Gasteiger partial charge in [-0.3, -0.25) is 9.69 Å². The lowest BCUT2D eigenvalue weighted by Crippen LogP contribution is -2.48. The van der Waals surface area contributed by atoms with Gasteiger partial charge in [-0.25, -0.2) is 4.68 Å². The van der Waals surface area contributed by atoms with E-state index in [2.05, 4.69) is 27.4 Å². The molecule has 5 rings (SSSR count). The van der Waals surface area contributed by atoms with Crippen LogP contribution < -0.4 is 5.32 Å². The number of aromatic nitrogens is 2. The summed E-state index contributed by atoms with van der Waals surface area (Å²) in [5.74, 6) is -0.402. The molecule has 0 spiro atoms. The first-order chi connectivity index (χ1) is 16.3. The minimum atomic E-state index is -4.52. The summed E-state index contributed by atoms with van der Waals surface area (Å²) in [6, 6.07) is 11.2. The predicted octanol–water partition coefficient (Wildman–Crippen LogP) is 5.22. The molecule has 180 valence electrons. The number of amides is 1. The van der Waals surface area contributed by atoms with Gasteiger partial charge < -0.3 is 10.2 Å². The molecule has 4 heterocycles. The molecule has 0 unspecified atom stereocenters. The Bertz CT molecular complexity index is 1140. The van der Waals surface area contributed by atoms with Gasteiger partial charge in [0, 0.05) is 44.0 Å². The Kier molecular flexibility index (Phi) is 6.30. The number of piperazine rings is 1. The summed E-state index contributed by atoms with van der Waals surface area (Å²) in [5, 5.41) is 8.92. The van der Waals surface area contributed by atoms with Gasteiger partial charge in [0.1, 0.15) is 10.8 Å². The number of hydrogen-bond acceptors (Lipinski definition) is 5. The molecule has 2 aliphatic heterocycles. The first kappa shape index (κ1) is 23.2. The van der Waals surface area contributed by atoms with Crippen molar-refractivity contribution in [1.29, 1.82) is 0 Å². The van der Waals surface area contributed by atoms with E-state index in [1.807, 2.05) is 23.6 Å². The third kappa shape index (κ3) is 4.54. The molecule has 6 nitrogen and oxygen atoms in total. The van der Waals surface area contributed by atoms with E-state index in [-0.39, 0.29) is 23.0 Å². The normalized spacial score (nSPS) is 21.2. The number of benzene rings is 1. The van der Waals surface area contributed by atoms with Gasteiger partial charge in [0.2, 0.25) is 0 Å². The Labute approximate surface area is 203 Å². The Hall–Kier alpha value is -2.56. The number of thiophene rings is 1. The summed E-state index contributed by atoms with van der Waals surface area (Å²) in [6.07, 6.45) is -4.74. The van der Waals surface area contributed by atoms with Crippen molar-refractivity contribution < 1.29 is 18.0 Å². The number of fused-ring (bicyclic) bond motifs is 1. The number of anilines is 1. The van der Waals surface area contributed by atoms with E-state index >= 15 is 0 Å². The highest BCUT2D eigenvalue weighted by Crippen LogP contribution is 2.47. The van der Waals surface area contributed by atoms with Crippen molar-refractivity contribution in [2.75, 3.05) is 31.5 Å². The SMILES string of the molecule is O=C(c1nn2c(c1Cl)N[C@H](c1cccs1)C[C@H]2C(F)(F)F)N1CCN(Cc2ccccc2)CC1. The Morgan fingerprint density at radius 2 is 1.85 bits per heavy atom.